The van der Waals surface area contributed by atoms with Crippen LogP contribution in [0.15, 0.2) is 53.3 Å². The molecule has 1 atom stereocenters. The van der Waals surface area contributed by atoms with Crippen LogP contribution < -0.4 is 10.3 Å². The van der Waals surface area contributed by atoms with Gasteiger partial charge in [-0.25, -0.2) is 4.39 Å². The molecule has 1 unspecified atom stereocenters. The molecule has 0 aliphatic rings. The van der Waals surface area contributed by atoms with E-state index >= 15 is 0 Å². The van der Waals surface area contributed by atoms with Crippen LogP contribution in [0.4, 0.5) is 4.39 Å². The summed E-state index contributed by atoms with van der Waals surface area (Å²) in [6, 6.07) is 14.1. The minimum Gasteiger partial charge on any atom is -0.494 e. The molecule has 158 valence electrons. The van der Waals surface area contributed by atoms with Crippen molar-refractivity contribution in [1.82, 2.24) is 4.57 Å². The zero-order valence-electron chi connectivity index (χ0n) is 16.7. The summed E-state index contributed by atoms with van der Waals surface area (Å²) in [7, 11) is 0. The van der Waals surface area contributed by atoms with Crippen molar-refractivity contribution in [1.29, 1.82) is 5.26 Å². The number of para-hydroxylation sites is 1. The molecule has 1 aromatic heterocycles. The summed E-state index contributed by atoms with van der Waals surface area (Å²) in [5.74, 6) is -2.10. The number of ketones is 1. The maximum absolute atomic E-state index is 13.9. The van der Waals surface area contributed by atoms with E-state index in [-0.39, 0.29) is 29.0 Å². The first-order chi connectivity index (χ1) is 14.8. The smallest absolute Gasteiger partial charge is 0.271 e. The van der Waals surface area contributed by atoms with Crippen LogP contribution in [0.3, 0.4) is 0 Å². The van der Waals surface area contributed by atoms with Crippen molar-refractivity contribution in [3.63, 3.8) is 0 Å². The van der Waals surface area contributed by atoms with Crippen LogP contribution in [-0.4, -0.2) is 21.6 Å². The average molecular weight is 441 g/mol. The Morgan fingerprint density at radius 2 is 1.90 bits per heavy atom. The highest BCUT2D eigenvalue weighted by Crippen LogP contribution is 2.27. The molecular formula is C23H18ClFN2O4. The third kappa shape index (κ3) is 4.30. The van der Waals surface area contributed by atoms with E-state index in [0.29, 0.717) is 10.6 Å². The number of carbonyl (C=O) groups excluding carboxylic acids is 1. The monoisotopic (exact) mass is 440 g/mol. The van der Waals surface area contributed by atoms with E-state index in [1.54, 1.807) is 36.4 Å². The van der Waals surface area contributed by atoms with E-state index in [9.17, 15) is 24.3 Å². The number of hydrogen-bond donors (Lipinski definition) is 1. The number of carbonyl (C=O) groups is 1. The number of ether oxygens (including phenoxy) is 1. The second-order valence-corrected chi connectivity index (χ2v) is 7.26. The van der Waals surface area contributed by atoms with Crippen molar-refractivity contribution >= 4 is 17.4 Å². The molecule has 0 aliphatic heterocycles. The first kappa shape index (κ1) is 22.1. The lowest BCUT2D eigenvalue weighted by Gasteiger charge is -2.19. The molecule has 3 rings (SSSR count). The quantitative estimate of drug-likeness (QED) is 0.579. The molecule has 1 heterocycles. The molecular weight excluding hydrogens is 423 g/mol. The third-order valence-corrected chi connectivity index (χ3v) is 5.21. The van der Waals surface area contributed by atoms with Crippen molar-refractivity contribution in [3.05, 3.63) is 92.0 Å². The molecule has 1 N–H and O–H groups in total. The summed E-state index contributed by atoms with van der Waals surface area (Å²) in [4.78, 5) is 25.9. The molecule has 8 heteroatoms. The topological polar surface area (TPSA) is 92.3 Å². The Kier molecular flexibility index (Phi) is 6.42. The standard InChI is InChI=1S/C23H18ClFN2O4/c1-13-16(11-26)22(29)27(12-15-7-3-4-8-17(15)24)23(30)20(13)21(28)14(2)31-19-10-6-5-9-18(19)25/h3-10,14,30H,12H2,1-2H3. The van der Waals surface area contributed by atoms with E-state index in [0.717, 1.165) is 4.57 Å². The minimum atomic E-state index is -1.20. The van der Waals surface area contributed by atoms with E-state index in [1.807, 2.05) is 0 Å². The summed E-state index contributed by atoms with van der Waals surface area (Å²) in [6.07, 6.45) is -1.20. The molecule has 0 fully saturated rings. The summed E-state index contributed by atoms with van der Waals surface area (Å²) >= 11 is 6.16. The molecule has 31 heavy (non-hydrogen) atoms. The molecule has 0 aliphatic carbocycles. The normalized spacial score (nSPS) is 11.6. The lowest BCUT2D eigenvalue weighted by Crippen LogP contribution is -2.31. The van der Waals surface area contributed by atoms with Crippen molar-refractivity contribution in [2.45, 2.75) is 26.5 Å². The first-order valence-corrected chi connectivity index (χ1v) is 9.69. The van der Waals surface area contributed by atoms with Crippen LogP contribution in [0.25, 0.3) is 0 Å². The zero-order chi connectivity index (χ0) is 22.7. The molecule has 0 radical (unpaired) electrons. The lowest BCUT2D eigenvalue weighted by atomic mass is 9.99. The average Bonchev–Trinajstić information content (AvgIpc) is 2.74. The number of benzene rings is 2. The van der Waals surface area contributed by atoms with Gasteiger partial charge in [-0.1, -0.05) is 41.9 Å². The van der Waals surface area contributed by atoms with Crippen LogP contribution in [0, 0.1) is 24.1 Å². The summed E-state index contributed by atoms with van der Waals surface area (Å²) in [5.41, 5.74) is -0.743. The summed E-state index contributed by atoms with van der Waals surface area (Å²) in [5, 5.41) is 20.7. The maximum Gasteiger partial charge on any atom is 0.271 e. The van der Waals surface area contributed by atoms with Gasteiger partial charge in [-0.15, -0.1) is 0 Å². The Labute approximate surface area is 182 Å². The fourth-order valence-corrected chi connectivity index (χ4v) is 3.37. The van der Waals surface area contributed by atoms with Gasteiger partial charge >= 0.3 is 0 Å². The van der Waals surface area contributed by atoms with Crippen LogP contribution in [0.2, 0.25) is 5.02 Å². The predicted octanol–water partition coefficient (Wildman–Crippen LogP) is 4.23. The van der Waals surface area contributed by atoms with Gasteiger partial charge in [-0.3, -0.25) is 14.2 Å². The minimum absolute atomic E-state index is 0.0226. The highest BCUT2D eigenvalue weighted by atomic mass is 35.5. The Morgan fingerprint density at radius 1 is 1.26 bits per heavy atom. The number of nitriles is 1. The van der Waals surface area contributed by atoms with Gasteiger partial charge in [0.05, 0.1) is 12.1 Å². The molecule has 0 bridgehead atoms. The van der Waals surface area contributed by atoms with E-state index in [1.165, 1.54) is 32.0 Å². The molecule has 0 saturated carbocycles. The van der Waals surface area contributed by atoms with Gasteiger partial charge in [0.2, 0.25) is 11.7 Å². The third-order valence-electron chi connectivity index (χ3n) is 4.84. The van der Waals surface area contributed by atoms with E-state index in [4.69, 9.17) is 16.3 Å². The SMILES string of the molecule is Cc1c(C(=O)C(C)Oc2ccccc2F)c(O)n(Cc2ccccc2Cl)c(=O)c1C#N. The Hall–Kier alpha value is -3.63. The summed E-state index contributed by atoms with van der Waals surface area (Å²) in [6.45, 7) is 2.63. The summed E-state index contributed by atoms with van der Waals surface area (Å²) < 4.78 is 20.2. The number of hydrogen-bond acceptors (Lipinski definition) is 5. The van der Waals surface area contributed by atoms with Gasteiger partial charge in [0.15, 0.2) is 17.7 Å². The Balaban J connectivity index is 2.08. The molecule has 0 saturated heterocycles. The second-order valence-electron chi connectivity index (χ2n) is 6.85. The van der Waals surface area contributed by atoms with Crippen molar-refractivity contribution in [2.75, 3.05) is 0 Å². The van der Waals surface area contributed by atoms with Gasteiger partial charge in [-0.05, 0) is 43.2 Å². The molecule has 0 spiro atoms. The fourth-order valence-electron chi connectivity index (χ4n) is 3.18. The number of aromatic hydroxyl groups is 1. The van der Waals surface area contributed by atoms with Crippen molar-refractivity contribution in [3.8, 4) is 17.7 Å². The Morgan fingerprint density at radius 3 is 2.55 bits per heavy atom. The van der Waals surface area contributed by atoms with E-state index < -0.39 is 29.1 Å². The number of Topliss-reactive ketones (excluding diaryl/α,β-unsaturated/α-hetero) is 1. The molecule has 3 aromatic rings. The predicted molar refractivity (Wildman–Crippen MR) is 113 cm³/mol. The maximum atomic E-state index is 13.9. The van der Waals surface area contributed by atoms with Gasteiger partial charge in [0.25, 0.3) is 5.56 Å². The Bertz CT molecular complexity index is 1260. The van der Waals surface area contributed by atoms with Crippen LogP contribution in [0.1, 0.15) is 34.0 Å². The fraction of sp³-hybridized carbons (Fsp3) is 0.174. The molecule has 2 aromatic carbocycles. The van der Waals surface area contributed by atoms with Gasteiger partial charge < -0.3 is 9.84 Å². The van der Waals surface area contributed by atoms with Gasteiger partial charge in [-0.2, -0.15) is 5.26 Å². The number of halogens is 2. The van der Waals surface area contributed by atoms with Gasteiger partial charge in [0, 0.05) is 5.02 Å². The molecule has 0 amide bonds. The van der Waals surface area contributed by atoms with Crippen LogP contribution in [0.5, 0.6) is 11.6 Å². The molecule has 6 nitrogen and oxygen atoms in total. The number of aromatic nitrogens is 1. The number of nitrogens with zero attached hydrogens (tertiary/aromatic N) is 2. The largest absolute Gasteiger partial charge is 0.494 e. The highest BCUT2D eigenvalue weighted by Gasteiger charge is 2.28. The van der Waals surface area contributed by atoms with Crippen LogP contribution in [-0.2, 0) is 6.54 Å². The van der Waals surface area contributed by atoms with E-state index in [2.05, 4.69) is 0 Å². The van der Waals surface area contributed by atoms with Crippen molar-refractivity contribution in [2.24, 2.45) is 0 Å². The number of rotatable bonds is 6. The van der Waals surface area contributed by atoms with Crippen LogP contribution >= 0.6 is 11.6 Å². The first-order valence-electron chi connectivity index (χ1n) is 9.31. The van der Waals surface area contributed by atoms with Crippen molar-refractivity contribution < 1.29 is 19.0 Å². The zero-order valence-corrected chi connectivity index (χ0v) is 17.5. The number of pyridine rings is 1. The highest BCUT2D eigenvalue weighted by molar-refractivity contribution is 6.31. The van der Waals surface area contributed by atoms with Gasteiger partial charge in [0.1, 0.15) is 11.6 Å². The second kappa shape index (κ2) is 9.02. The lowest BCUT2D eigenvalue weighted by molar-refractivity contribution is 0.0807.